The third kappa shape index (κ3) is 3.59. The van der Waals surface area contributed by atoms with Crippen LogP contribution >= 0.6 is 0 Å². The van der Waals surface area contributed by atoms with Crippen LogP contribution in [0.5, 0.6) is 0 Å². The molecule has 1 aliphatic heterocycles. The first-order chi connectivity index (χ1) is 12.6. The van der Waals surface area contributed by atoms with Gasteiger partial charge in [0.15, 0.2) is 0 Å². The number of carbonyl (C=O) groups excluding carboxylic acids is 3. The van der Waals surface area contributed by atoms with E-state index in [2.05, 4.69) is 0 Å². The van der Waals surface area contributed by atoms with Gasteiger partial charge in [-0.15, -0.1) is 0 Å². The second kappa shape index (κ2) is 7.82. The van der Waals surface area contributed by atoms with Crippen LogP contribution in [0.3, 0.4) is 0 Å². The van der Waals surface area contributed by atoms with E-state index in [9.17, 15) is 14.4 Å². The molecule has 0 radical (unpaired) electrons. The smallest absolute Gasteiger partial charge is 0.321 e. The van der Waals surface area contributed by atoms with E-state index in [1.807, 2.05) is 37.3 Å². The maximum Gasteiger partial charge on any atom is 0.324 e. The highest BCUT2D eigenvalue weighted by Gasteiger charge is 2.30. The van der Waals surface area contributed by atoms with Crippen molar-refractivity contribution >= 4 is 24.0 Å². The molecule has 1 aliphatic rings. The fraction of sp³-hybridized carbons (Fsp3) is 0.250. The van der Waals surface area contributed by atoms with Gasteiger partial charge in [-0.2, -0.15) is 0 Å². The molecule has 134 valence electrons. The highest BCUT2D eigenvalue weighted by atomic mass is 16.2. The highest BCUT2D eigenvalue weighted by molar-refractivity contribution is 6.00. The number of amides is 4. The lowest BCUT2D eigenvalue weighted by Gasteiger charge is -2.22. The zero-order chi connectivity index (χ0) is 18.5. The molecule has 0 aliphatic carbocycles. The minimum atomic E-state index is -0.358. The van der Waals surface area contributed by atoms with Crippen molar-refractivity contribution in [2.24, 2.45) is 0 Å². The molecule has 4 amide bonds. The highest BCUT2D eigenvalue weighted by Crippen LogP contribution is 2.23. The van der Waals surface area contributed by atoms with Crippen molar-refractivity contribution in [3.8, 4) is 0 Å². The summed E-state index contributed by atoms with van der Waals surface area (Å²) < 4.78 is 0. The summed E-state index contributed by atoms with van der Waals surface area (Å²) in [5.74, 6) is -0.358. The average molecular weight is 351 g/mol. The third-order valence-electron chi connectivity index (χ3n) is 4.52. The van der Waals surface area contributed by atoms with Crippen LogP contribution in [-0.2, 0) is 4.79 Å². The molecule has 1 fully saturated rings. The number of imide groups is 1. The zero-order valence-corrected chi connectivity index (χ0v) is 14.7. The Labute approximate surface area is 152 Å². The van der Waals surface area contributed by atoms with Crippen LogP contribution in [0.4, 0.5) is 10.5 Å². The maximum atomic E-state index is 12.7. The molecule has 6 nitrogen and oxygen atoms in total. The molecule has 0 bridgehead atoms. The Balaban J connectivity index is 1.63. The SMILES string of the molecule is Cc1ccccc1N1CCN(CCN(C=O)C(=O)c2ccccc2)C1=O. The van der Waals surface area contributed by atoms with Crippen LogP contribution in [-0.4, -0.2) is 54.3 Å². The van der Waals surface area contributed by atoms with Crippen molar-refractivity contribution in [1.82, 2.24) is 9.80 Å². The van der Waals surface area contributed by atoms with Crippen LogP contribution in [0.2, 0.25) is 0 Å². The molecule has 1 heterocycles. The van der Waals surface area contributed by atoms with Crippen LogP contribution in [0.15, 0.2) is 54.6 Å². The van der Waals surface area contributed by atoms with Gasteiger partial charge in [0.05, 0.1) is 0 Å². The molecule has 0 unspecified atom stereocenters. The van der Waals surface area contributed by atoms with Gasteiger partial charge in [0.1, 0.15) is 0 Å². The van der Waals surface area contributed by atoms with Gasteiger partial charge in [0, 0.05) is 37.4 Å². The number of para-hydroxylation sites is 1. The van der Waals surface area contributed by atoms with E-state index < -0.39 is 0 Å². The average Bonchev–Trinajstić information content (AvgIpc) is 3.03. The summed E-state index contributed by atoms with van der Waals surface area (Å²) in [5.41, 5.74) is 2.39. The molecular weight excluding hydrogens is 330 g/mol. The zero-order valence-electron chi connectivity index (χ0n) is 14.7. The van der Waals surface area contributed by atoms with E-state index in [1.165, 1.54) is 0 Å². The van der Waals surface area contributed by atoms with Gasteiger partial charge in [0.2, 0.25) is 6.41 Å². The summed E-state index contributed by atoms with van der Waals surface area (Å²) in [6, 6.07) is 16.3. The van der Waals surface area contributed by atoms with E-state index in [1.54, 1.807) is 34.1 Å². The van der Waals surface area contributed by atoms with Crippen molar-refractivity contribution in [3.63, 3.8) is 0 Å². The number of aryl methyl sites for hydroxylation is 1. The summed E-state index contributed by atoms with van der Waals surface area (Å²) >= 11 is 0. The Bertz CT molecular complexity index is 807. The van der Waals surface area contributed by atoms with E-state index >= 15 is 0 Å². The van der Waals surface area contributed by atoms with Crippen molar-refractivity contribution < 1.29 is 14.4 Å². The predicted molar refractivity (Wildman–Crippen MR) is 99.0 cm³/mol. The third-order valence-corrected chi connectivity index (χ3v) is 4.52. The summed E-state index contributed by atoms with van der Waals surface area (Å²) in [7, 11) is 0. The largest absolute Gasteiger partial charge is 0.324 e. The number of hydrogen-bond acceptors (Lipinski definition) is 3. The summed E-state index contributed by atoms with van der Waals surface area (Å²) in [6.45, 7) is 3.62. The van der Waals surface area contributed by atoms with Crippen LogP contribution in [0, 0.1) is 6.92 Å². The molecule has 0 saturated carbocycles. The lowest BCUT2D eigenvalue weighted by molar-refractivity contribution is -0.116. The van der Waals surface area contributed by atoms with Gasteiger partial charge >= 0.3 is 6.03 Å². The number of carbonyl (C=O) groups is 3. The number of nitrogens with zero attached hydrogens (tertiary/aromatic N) is 3. The molecule has 0 N–H and O–H groups in total. The normalized spacial score (nSPS) is 13.8. The summed E-state index contributed by atoms with van der Waals surface area (Å²) in [4.78, 5) is 40.9. The van der Waals surface area contributed by atoms with Gasteiger partial charge in [0.25, 0.3) is 5.91 Å². The molecule has 26 heavy (non-hydrogen) atoms. The maximum absolute atomic E-state index is 12.7. The standard InChI is InChI=1S/C20H21N3O3/c1-16-7-5-6-10-18(16)23-14-13-21(20(23)26)11-12-22(15-24)19(25)17-8-3-2-4-9-17/h2-10,15H,11-14H2,1H3. The molecule has 0 atom stereocenters. The molecular formula is C20H21N3O3. The van der Waals surface area contributed by atoms with E-state index in [0.717, 1.165) is 16.2 Å². The summed E-state index contributed by atoms with van der Waals surface area (Å²) in [6.07, 6.45) is 0.523. The minimum absolute atomic E-state index is 0.0997. The number of hydrogen-bond donors (Lipinski definition) is 0. The minimum Gasteiger partial charge on any atom is -0.321 e. The first kappa shape index (κ1) is 17.7. The number of benzene rings is 2. The van der Waals surface area contributed by atoms with E-state index in [4.69, 9.17) is 0 Å². The number of rotatable bonds is 6. The van der Waals surface area contributed by atoms with Crippen molar-refractivity contribution in [1.29, 1.82) is 0 Å². The Morgan fingerprint density at radius 3 is 2.46 bits per heavy atom. The van der Waals surface area contributed by atoms with Gasteiger partial charge in [-0.25, -0.2) is 4.79 Å². The number of urea groups is 1. The van der Waals surface area contributed by atoms with E-state index in [0.29, 0.717) is 31.6 Å². The second-order valence-corrected chi connectivity index (χ2v) is 6.18. The van der Waals surface area contributed by atoms with Crippen LogP contribution in [0.25, 0.3) is 0 Å². The molecule has 1 saturated heterocycles. The lowest BCUT2D eigenvalue weighted by Crippen LogP contribution is -2.40. The lowest BCUT2D eigenvalue weighted by atomic mass is 10.2. The Morgan fingerprint density at radius 1 is 1.08 bits per heavy atom. The monoisotopic (exact) mass is 351 g/mol. The van der Waals surface area contributed by atoms with Gasteiger partial charge in [-0.3, -0.25) is 19.4 Å². The van der Waals surface area contributed by atoms with Crippen molar-refractivity contribution in [2.45, 2.75) is 6.92 Å². The predicted octanol–water partition coefficient (Wildman–Crippen LogP) is 2.54. The second-order valence-electron chi connectivity index (χ2n) is 6.18. The van der Waals surface area contributed by atoms with E-state index in [-0.39, 0.29) is 18.5 Å². The van der Waals surface area contributed by atoms with Crippen LogP contribution < -0.4 is 4.90 Å². The molecule has 6 heteroatoms. The summed E-state index contributed by atoms with van der Waals surface area (Å²) in [5, 5.41) is 0. The van der Waals surface area contributed by atoms with Gasteiger partial charge in [-0.05, 0) is 30.7 Å². The molecule has 3 rings (SSSR count). The first-order valence-electron chi connectivity index (χ1n) is 8.55. The Morgan fingerprint density at radius 2 is 1.77 bits per heavy atom. The number of anilines is 1. The first-order valence-corrected chi connectivity index (χ1v) is 8.55. The Hall–Kier alpha value is -3.15. The molecule has 2 aromatic carbocycles. The molecule has 2 aromatic rings. The van der Waals surface area contributed by atoms with Gasteiger partial charge in [-0.1, -0.05) is 36.4 Å². The Kier molecular flexibility index (Phi) is 5.31. The topological polar surface area (TPSA) is 60.9 Å². The van der Waals surface area contributed by atoms with Crippen molar-refractivity contribution in [3.05, 3.63) is 65.7 Å². The van der Waals surface area contributed by atoms with Crippen molar-refractivity contribution in [2.75, 3.05) is 31.1 Å². The quantitative estimate of drug-likeness (QED) is 0.752. The fourth-order valence-electron chi connectivity index (χ4n) is 3.06. The molecule has 0 spiro atoms. The van der Waals surface area contributed by atoms with Gasteiger partial charge < -0.3 is 4.90 Å². The fourth-order valence-corrected chi connectivity index (χ4v) is 3.06. The van der Waals surface area contributed by atoms with Crippen LogP contribution in [0.1, 0.15) is 15.9 Å². The molecule has 0 aromatic heterocycles.